The van der Waals surface area contributed by atoms with E-state index in [1.165, 1.54) is 17.3 Å². The number of ether oxygens (including phenoxy) is 1. The minimum absolute atomic E-state index is 0.210. The molecular formula is C17H26N2O. The summed E-state index contributed by atoms with van der Waals surface area (Å²) < 4.78 is 8.19. The molecule has 3 heteroatoms. The first-order chi connectivity index (χ1) is 9.72. The quantitative estimate of drug-likeness (QED) is 0.741. The highest BCUT2D eigenvalue weighted by molar-refractivity contribution is 5.86. The van der Waals surface area contributed by atoms with Gasteiger partial charge in [0.1, 0.15) is 5.75 Å². The monoisotopic (exact) mass is 274 g/mol. The van der Waals surface area contributed by atoms with Crippen LogP contribution in [-0.4, -0.2) is 23.8 Å². The SMILES string of the molecule is CCCNCCCn1ccc2c(OC(C)C)cccc21. The van der Waals surface area contributed by atoms with Gasteiger partial charge in [0.25, 0.3) is 0 Å². The zero-order valence-electron chi connectivity index (χ0n) is 12.9. The second-order valence-corrected chi connectivity index (χ2v) is 5.47. The standard InChI is InChI=1S/C17H26N2O/c1-4-10-18-11-6-12-19-13-9-15-16(19)7-5-8-17(15)20-14(2)3/h5,7-9,13-14,18H,4,6,10-12H2,1-3H3. The number of aromatic nitrogens is 1. The van der Waals surface area contributed by atoms with Gasteiger partial charge in [-0.2, -0.15) is 0 Å². The molecule has 1 aromatic heterocycles. The fourth-order valence-corrected chi connectivity index (χ4v) is 2.42. The van der Waals surface area contributed by atoms with E-state index in [1.54, 1.807) is 0 Å². The summed E-state index contributed by atoms with van der Waals surface area (Å²) in [6, 6.07) is 8.45. The van der Waals surface area contributed by atoms with E-state index in [-0.39, 0.29) is 6.10 Å². The van der Waals surface area contributed by atoms with Crippen LogP contribution in [0.2, 0.25) is 0 Å². The lowest BCUT2D eigenvalue weighted by Crippen LogP contribution is -2.17. The molecule has 0 fully saturated rings. The highest BCUT2D eigenvalue weighted by atomic mass is 16.5. The van der Waals surface area contributed by atoms with Crippen molar-refractivity contribution < 1.29 is 4.74 Å². The van der Waals surface area contributed by atoms with Crippen LogP contribution in [0.15, 0.2) is 30.5 Å². The summed E-state index contributed by atoms with van der Waals surface area (Å²) in [6.07, 6.45) is 4.72. The first-order valence-corrected chi connectivity index (χ1v) is 7.67. The molecule has 0 spiro atoms. The Bertz CT molecular complexity index is 531. The normalized spacial score (nSPS) is 11.4. The van der Waals surface area contributed by atoms with E-state index in [4.69, 9.17) is 4.74 Å². The van der Waals surface area contributed by atoms with Crippen molar-refractivity contribution in [3.8, 4) is 5.75 Å². The first-order valence-electron chi connectivity index (χ1n) is 7.67. The molecular weight excluding hydrogens is 248 g/mol. The van der Waals surface area contributed by atoms with Crippen LogP contribution >= 0.6 is 0 Å². The average molecular weight is 274 g/mol. The zero-order valence-corrected chi connectivity index (χ0v) is 12.9. The minimum Gasteiger partial charge on any atom is -0.490 e. The van der Waals surface area contributed by atoms with E-state index in [9.17, 15) is 0 Å². The molecule has 0 saturated heterocycles. The van der Waals surface area contributed by atoms with Crippen molar-refractivity contribution in [1.82, 2.24) is 9.88 Å². The fourth-order valence-electron chi connectivity index (χ4n) is 2.42. The molecule has 0 bridgehead atoms. The smallest absolute Gasteiger partial charge is 0.129 e. The van der Waals surface area contributed by atoms with Crippen molar-refractivity contribution >= 4 is 10.9 Å². The number of hydrogen-bond acceptors (Lipinski definition) is 2. The molecule has 2 rings (SSSR count). The fraction of sp³-hybridized carbons (Fsp3) is 0.529. The Morgan fingerprint density at radius 2 is 2.05 bits per heavy atom. The Hall–Kier alpha value is -1.48. The van der Waals surface area contributed by atoms with Crippen LogP contribution in [0.4, 0.5) is 0 Å². The van der Waals surface area contributed by atoms with Gasteiger partial charge in [-0.25, -0.2) is 0 Å². The Labute approximate surface area is 121 Å². The molecule has 20 heavy (non-hydrogen) atoms. The molecule has 0 unspecified atom stereocenters. The number of nitrogens with zero attached hydrogens (tertiary/aromatic N) is 1. The van der Waals surface area contributed by atoms with Crippen molar-refractivity contribution in [2.75, 3.05) is 13.1 Å². The maximum absolute atomic E-state index is 5.87. The van der Waals surface area contributed by atoms with Crippen LogP contribution in [0.1, 0.15) is 33.6 Å². The van der Waals surface area contributed by atoms with Crippen LogP contribution < -0.4 is 10.1 Å². The third-order valence-electron chi connectivity index (χ3n) is 3.32. The number of aryl methyl sites for hydroxylation is 1. The molecule has 0 atom stereocenters. The van der Waals surface area contributed by atoms with E-state index in [2.05, 4.69) is 61.1 Å². The lowest BCUT2D eigenvalue weighted by Gasteiger charge is -2.11. The summed E-state index contributed by atoms with van der Waals surface area (Å²) in [5.74, 6) is 0.986. The maximum atomic E-state index is 5.87. The summed E-state index contributed by atoms with van der Waals surface area (Å²) >= 11 is 0. The van der Waals surface area contributed by atoms with Crippen LogP contribution in [0.5, 0.6) is 5.75 Å². The van der Waals surface area contributed by atoms with Crippen LogP contribution in [0.3, 0.4) is 0 Å². The maximum Gasteiger partial charge on any atom is 0.129 e. The highest BCUT2D eigenvalue weighted by Crippen LogP contribution is 2.27. The van der Waals surface area contributed by atoms with Gasteiger partial charge < -0.3 is 14.6 Å². The van der Waals surface area contributed by atoms with Gasteiger partial charge in [-0.05, 0) is 58.0 Å². The van der Waals surface area contributed by atoms with Gasteiger partial charge in [-0.1, -0.05) is 13.0 Å². The lowest BCUT2D eigenvalue weighted by atomic mass is 10.2. The van der Waals surface area contributed by atoms with Crippen molar-refractivity contribution in [2.24, 2.45) is 0 Å². The van der Waals surface area contributed by atoms with E-state index in [1.807, 2.05) is 0 Å². The summed E-state index contributed by atoms with van der Waals surface area (Å²) in [4.78, 5) is 0. The molecule has 3 nitrogen and oxygen atoms in total. The largest absolute Gasteiger partial charge is 0.490 e. The molecule has 0 saturated carbocycles. The van der Waals surface area contributed by atoms with E-state index in [0.29, 0.717) is 0 Å². The molecule has 1 heterocycles. The second-order valence-electron chi connectivity index (χ2n) is 5.47. The molecule has 0 aliphatic carbocycles. The molecule has 2 aromatic rings. The van der Waals surface area contributed by atoms with Crippen molar-refractivity contribution in [3.05, 3.63) is 30.5 Å². The third kappa shape index (κ3) is 3.76. The Kier molecular flexibility index (Phi) is 5.48. The summed E-state index contributed by atoms with van der Waals surface area (Å²) in [7, 11) is 0. The number of nitrogens with one attached hydrogen (secondary N) is 1. The van der Waals surface area contributed by atoms with Crippen molar-refractivity contribution in [1.29, 1.82) is 0 Å². The van der Waals surface area contributed by atoms with E-state index < -0.39 is 0 Å². The van der Waals surface area contributed by atoms with Crippen LogP contribution in [0.25, 0.3) is 10.9 Å². The zero-order chi connectivity index (χ0) is 14.4. The van der Waals surface area contributed by atoms with Gasteiger partial charge >= 0.3 is 0 Å². The second kappa shape index (κ2) is 7.34. The average Bonchev–Trinajstić information content (AvgIpc) is 2.82. The number of hydrogen-bond donors (Lipinski definition) is 1. The summed E-state index contributed by atoms with van der Waals surface area (Å²) in [5.41, 5.74) is 1.26. The first kappa shape index (κ1) is 14.9. The minimum atomic E-state index is 0.210. The van der Waals surface area contributed by atoms with E-state index >= 15 is 0 Å². The molecule has 1 aromatic carbocycles. The van der Waals surface area contributed by atoms with Gasteiger partial charge in [0.2, 0.25) is 0 Å². The molecule has 0 aliphatic heterocycles. The molecule has 0 aliphatic rings. The molecule has 110 valence electrons. The van der Waals surface area contributed by atoms with Gasteiger partial charge in [0.05, 0.1) is 11.6 Å². The van der Waals surface area contributed by atoms with Gasteiger partial charge in [-0.15, -0.1) is 0 Å². The van der Waals surface area contributed by atoms with Crippen LogP contribution in [0, 0.1) is 0 Å². The predicted octanol–water partition coefficient (Wildman–Crippen LogP) is 3.82. The number of rotatable bonds is 8. The van der Waals surface area contributed by atoms with Gasteiger partial charge in [-0.3, -0.25) is 0 Å². The predicted molar refractivity (Wildman–Crippen MR) is 85.5 cm³/mol. The molecule has 0 amide bonds. The van der Waals surface area contributed by atoms with Gasteiger partial charge in [0.15, 0.2) is 0 Å². The van der Waals surface area contributed by atoms with Crippen LogP contribution in [-0.2, 0) is 6.54 Å². The summed E-state index contributed by atoms with van der Waals surface area (Å²) in [6.45, 7) is 9.56. The lowest BCUT2D eigenvalue weighted by molar-refractivity contribution is 0.245. The Balaban J connectivity index is 2.04. The number of fused-ring (bicyclic) bond motifs is 1. The highest BCUT2D eigenvalue weighted by Gasteiger charge is 2.07. The summed E-state index contributed by atoms with van der Waals surface area (Å²) in [5, 5.41) is 4.66. The van der Waals surface area contributed by atoms with Gasteiger partial charge in [0, 0.05) is 18.1 Å². The van der Waals surface area contributed by atoms with Crippen molar-refractivity contribution in [2.45, 2.75) is 46.3 Å². The number of benzene rings is 1. The topological polar surface area (TPSA) is 26.2 Å². The Morgan fingerprint density at radius 3 is 2.80 bits per heavy atom. The Morgan fingerprint density at radius 1 is 1.20 bits per heavy atom. The van der Waals surface area contributed by atoms with E-state index in [0.717, 1.165) is 31.8 Å². The molecule has 1 N–H and O–H groups in total. The third-order valence-corrected chi connectivity index (χ3v) is 3.32. The van der Waals surface area contributed by atoms with Crippen molar-refractivity contribution in [3.63, 3.8) is 0 Å². The molecule has 0 radical (unpaired) electrons.